The molecule has 0 saturated carbocycles. The predicted octanol–water partition coefficient (Wildman–Crippen LogP) is 4.63. The molecule has 1 aromatic heterocycles. The number of hydrogen-bond acceptors (Lipinski definition) is 5. The third-order valence-corrected chi connectivity index (χ3v) is 6.47. The van der Waals surface area contributed by atoms with Gasteiger partial charge in [0.25, 0.3) is 15.9 Å². The first-order valence-electron chi connectivity index (χ1n) is 9.83. The quantitative estimate of drug-likeness (QED) is 0.434. The van der Waals surface area contributed by atoms with Gasteiger partial charge in [-0.1, -0.05) is 41.9 Å². The second-order valence-corrected chi connectivity index (χ2v) is 9.34. The summed E-state index contributed by atoms with van der Waals surface area (Å²) in [6.07, 6.45) is 0. The van der Waals surface area contributed by atoms with Crippen LogP contribution in [-0.4, -0.2) is 25.2 Å². The number of pyridine rings is 1. The van der Waals surface area contributed by atoms with Gasteiger partial charge in [0.05, 0.1) is 21.7 Å². The fourth-order valence-electron chi connectivity index (χ4n) is 3.31. The lowest BCUT2D eigenvalue weighted by Crippen LogP contribution is -2.28. The Morgan fingerprint density at radius 3 is 2.27 bits per heavy atom. The summed E-state index contributed by atoms with van der Waals surface area (Å²) >= 11 is 6.16. The van der Waals surface area contributed by atoms with E-state index in [1.54, 1.807) is 24.3 Å². The van der Waals surface area contributed by atoms with E-state index in [9.17, 15) is 18.0 Å². The Morgan fingerprint density at radius 1 is 0.909 bits per heavy atom. The van der Waals surface area contributed by atoms with Gasteiger partial charge in [0.2, 0.25) is 5.91 Å². The van der Waals surface area contributed by atoms with E-state index in [4.69, 9.17) is 11.6 Å². The second kappa shape index (κ2) is 9.01. The van der Waals surface area contributed by atoms with Crippen molar-refractivity contribution in [1.29, 1.82) is 0 Å². The number of halogens is 1. The second-order valence-electron chi connectivity index (χ2n) is 7.22. The molecule has 3 aromatic carbocycles. The van der Waals surface area contributed by atoms with Gasteiger partial charge in [-0.15, -0.1) is 0 Å². The molecular formula is C24H18ClN3O4S. The predicted molar refractivity (Wildman–Crippen MR) is 128 cm³/mol. The number of nitrogens with one attached hydrogen (secondary N) is 2. The Balaban J connectivity index is 1.69. The molecule has 0 atom stereocenters. The molecule has 0 fully saturated rings. The van der Waals surface area contributed by atoms with Crippen LogP contribution in [0.3, 0.4) is 0 Å². The van der Waals surface area contributed by atoms with Gasteiger partial charge in [0.15, 0.2) is 0 Å². The zero-order valence-corrected chi connectivity index (χ0v) is 18.9. The molecule has 0 spiro atoms. The third kappa shape index (κ3) is 5.02. The highest BCUT2D eigenvalue weighted by Gasteiger charge is 2.17. The monoisotopic (exact) mass is 479 g/mol. The lowest BCUT2D eigenvalue weighted by molar-refractivity contribution is -0.117. The Hall–Kier alpha value is -3.75. The van der Waals surface area contributed by atoms with Crippen LogP contribution in [0.25, 0.3) is 22.2 Å². The smallest absolute Gasteiger partial charge is 0.264 e. The van der Waals surface area contributed by atoms with E-state index in [0.29, 0.717) is 32.9 Å². The van der Waals surface area contributed by atoms with Crippen LogP contribution in [0.2, 0.25) is 5.02 Å². The first-order chi connectivity index (χ1) is 15.7. The number of benzene rings is 3. The molecule has 0 bridgehead atoms. The van der Waals surface area contributed by atoms with E-state index < -0.39 is 21.8 Å². The molecule has 166 valence electrons. The summed E-state index contributed by atoms with van der Waals surface area (Å²) in [6.45, 7) is 1.11. The molecule has 1 heterocycles. The summed E-state index contributed by atoms with van der Waals surface area (Å²) < 4.78 is 26.1. The van der Waals surface area contributed by atoms with Crippen molar-refractivity contribution in [3.8, 4) is 11.3 Å². The van der Waals surface area contributed by atoms with Crippen molar-refractivity contribution >= 4 is 50.0 Å². The first-order valence-corrected chi connectivity index (χ1v) is 11.7. The average Bonchev–Trinajstić information content (AvgIpc) is 2.78. The number of sulfonamides is 1. The van der Waals surface area contributed by atoms with Crippen molar-refractivity contribution in [2.24, 2.45) is 0 Å². The van der Waals surface area contributed by atoms with Crippen molar-refractivity contribution in [2.75, 3.05) is 5.32 Å². The minimum Gasteiger partial charge on any atom is -0.322 e. The van der Waals surface area contributed by atoms with Crippen molar-refractivity contribution < 1.29 is 18.0 Å². The van der Waals surface area contributed by atoms with Gasteiger partial charge in [0.1, 0.15) is 0 Å². The van der Waals surface area contributed by atoms with E-state index in [-0.39, 0.29) is 4.90 Å². The maximum atomic E-state index is 13.2. The maximum absolute atomic E-state index is 13.2. The molecular weight excluding hydrogens is 462 g/mol. The number of hydrogen-bond donors (Lipinski definition) is 2. The summed E-state index contributed by atoms with van der Waals surface area (Å²) in [4.78, 5) is 28.9. The molecule has 0 unspecified atom stereocenters. The Kier molecular flexibility index (Phi) is 6.13. The summed E-state index contributed by atoms with van der Waals surface area (Å²) in [5.41, 5.74) is 2.86. The number of fused-ring (bicyclic) bond motifs is 1. The first kappa shape index (κ1) is 22.4. The van der Waals surface area contributed by atoms with E-state index in [1.807, 2.05) is 35.1 Å². The van der Waals surface area contributed by atoms with E-state index in [1.165, 1.54) is 24.3 Å². The number of carbonyl (C=O) groups excluding carboxylic acids is 2. The Morgan fingerprint density at radius 2 is 1.61 bits per heavy atom. The van der Waals surface area contributed by atoms with Crippen LogP contribution in [0, 0.1) is 0 Å². The third-order valence-electron chi connectivity index (χ3n) is 4.79. The SMILES string of the molecule is CC(=O)NS(=O)(=O)c1ccc(NC(=O)c2cc(-c3ccccc3)nc3ccc(Cl)cc23)cc1. The summed E-state index contributed by atoms with van der Waals surface area (Å²) in [5.74, 6) is -1.09. The molecule has 0 saturated heterocycles. The molecule has 4 rings (SSSR count). The lowest BCUT2D eigenvalue weighted by atomic mass is 10.0. The van der Waals surface area contributed by atoms with Gasteiger partial charge >= 0.3 is 0 Å². The van der Waals surface area contributed by atoms with Crippen LogP contribution in [0.1, 0.15) is 17.3 Å². The average molecular weight is 480 g/mol. The van der Waals surface area contributed by atoms with Crippen LogP contribution in [0.15, 0.2) is 83.8 Å². The van der Waals surface area contributed by atoms with Gasteiger partial charge in [-0.05, 0) is 48.5 Å². The lowest BCUT2D eigenvalue weighted by Gasteiger charge is -2.12. The molecule has 0 aliphatic carbocycles. The van der Waals surface area contributed by atoms with Crippen LogP contribution in [-0.2, 0) is 14.8 Å². The Bertz CT molecular complexity index is 1470. The molecule has 0 aliphatic rings. The van der Waals surface area contributed by atoms with Crippen molar-refractivity contribution in [3.05, 3.63) is 89.4 Å². The van der Waals surface area contributed by atoms with Crippen molar-refractivity contribution in [2.45, 2.75) is 11.8 Å². The van der Waals surface area contributed by atoms with E-state index in [0.717, 1.165) is 12.5 Å². The standard InChI is InChI=1S/C24H18ClN3O4S/c1-15(29)28-33(31,32)19-10-8-18(9-11-19)26-24(30)21-14-23(16-5-3-2-4-6-16)27-22-12-7-17(25)13-20(21)22/h2-14H,1H3,(H,26,30)(H,28,29). The molecule has 9 heteroatoms. The highest BCUT2D eigenvalue weighted by atomic mass is 35.5. The molecule has 7 nitrogen and oxygen atoms in total. The fraction of sp³-hybridized carbons (Fsp3) is 0.0417. The number of nitrogens with zero attached hydrogens (tertiary/aromatic N) is 1. The maximum Gasteiger partial charge on any atom is 0.264 e. The molecule has 2 amide bonds. The normalized spacial score (nSPS) is 11.2. The van der Waals surface area contributed by atoms with E-state index in [2.05, 4.69) is 10.3 Å². The van der Waals surface area contributed by atoms with Crippen LogP contribution < -0.4 is 10.0 Å². The van der Waals surface area contributed by atoms with Gasteiger partial charge in [-0.25, -0.2) is 18.1 Å². The topological polar surface area (TPSA) is 105 Å². The largest absolute Gasteiger partial charge is 0.322 e. The highest BCUT2D eigenvalue weighted by Crippen LogP contribution is 2.28. The van der Waals surface area contributed by atoms with Crippen molar-refractivity contribution in [3.63, 3.8) is 0 Å². The number of carbonyl (C=O) groups is 2. The van der Waals surface area contributed by atoms with Gasteiger partial charge in [-0.2, -0.15) is 0 Å². The van der Waals surface area contributed by atoms with Gasteiger partial charge in [0, 0.05) is 28.6 Å². The molecule has 4 aromatic rings. The summed E-state index contributed by atoms with van der Waals surface area (Å²) in [7, 11) is -3.96. The van der Waals surface area contributed by atoms with Crippen LogP contribution >= 0.6 is 11.6 Å². The molecule has 0 aliphatic heterocycles. The fourth-order valence-corrected chi connectivity index (χ4v) is 4.47. The molecule has 2 N–H and O–H groups in total. The van der Waals surface area contributed by atoms with Crippen LogP contribution in [0.5, 0.6) is 0 Å². The summed E-state index contributed by atoms with van der Waals surface area (Å²) in [6, 6.07) is 21.8. The minimum absolute atomic E-state index is 0.0943. The highest BCUT2D eigenvalue weighted by molar-refractivity contribution is 7.90. The number of rotatable bonds is 5. The number of anilines is 1. The number of aromatic nitrogens is 1. The van der Waals surface area contributed by atoms with E-state index >= 15 is 0 Å². The Labute approximate surface area is 195 Å². The molecule has 0 radical (unpaired) electrons. The van der Waals surface area contributed by atoms with Gasteiger partial charge < -0.3 is 5.32 Å². The molecule has 33 heavy (non-hydrogen) atoms. The zero-order chi connectivity index (χ0) is 23.6. The summed E-state index contributed by atoms with van der Waals surface area (Å²) in [5, 5.41) is 3.83. The zero-order valence-electron chi connectivity index (χ0n) is 17.4. The minimum atomic E-state index is -3.96. The van der Waals surface area contributed by atoms with Gasteiger partial charge in [-0.3, -0.25) is 9.59 Å². The van der Waals surface area contributed by atoms with Crippen LogP contribution in [0.4, 0.5) is 5.69 Å². The van der Waals surface area contributed by atoms with Crippen molar-refractivity contribution in [1.82, 2.24) is 9.71 Å². The number of amides is 2.